The summed E-state index contributed by atoms with van der Waals surface area (Å²) in [7, 11) is 0. The van der Waals surface area contributed by atoms with Gasteiger partial charge in [0.05, 0.1) is 6.04 Å². The molecule has 0 radical (unpaired) electrons. The van der Waals surface area contributed by atoms with Gasteiger partial charge in [-0.3, -0.25) is 4.79 Å². The SMILES string of the molecule is Cl.NC1CCC(C(=O)N2CCN3C(=O)NCC3C2)C1. The van der Waals surface area contributed by atoms with Gasteiger partial charge in [0.2, 0.25) is 5.91 Å². The third-order valence-electron chi connectivity index (χ3n) is 4.37. The number of nitrogens with zero attached hydrogens (tertiary/aromatic N) is 2. The maximum atomic E-state index is 12.4. The minimum Gasteiger partial charge on any atom is -0.339 e. The molecule has 3 atom stereocenters. The van der Waals surface area contributed by atoms with Crippen molar-refractivity contribution in [2.75, 3.05) is 26.2 Å². The molecule has 6 nitrogen and oxygen atoms in total. The van der Waals surface area contributed by atoms with Crippen LogP contribution in [0.15, 0.2) is 0 Å². The number of nitrogens with one attached hydrogen (secondary N) is 1. The van der Waals surface area contributed by atoms with Crippen molar-refractivity contribution in [3.63, 3.8) is 0 Å². The number of hydrogen-bond acceptors (Lipinski definition) is 3. The molecular formula is C12H21ClN4O2. The van der Waals surface area contributed by atoms with Gasteiger partial charge in [0, 0.05) is 38.1 Å². The minimum atomic E-state index is 0. The van der Waals surface area contributed by atoms with Crippen LogP contribution in [-0.2, 0) is 4.79 Å². The second-order valence-corrected chi connectivity index (χ2v) is 5.59. The van der Waals surface area contributed by atoms with E-state index in [0.29, 0.717) is 26.2 Å². The van der Waals surface area contributed by atoms with Crippen molar-refractivity contribution >= 4 is 24.3 Å². The lowest BCUT2D eigenvalue weighted by atomic mass is 10.0. The van der Waals surface area contributed by atoms with E-state index in [4.69, 9.17) is 5.73 Å². The number of amides is 3. The van der Waals surface area contributed by atoms with Crippen molar-refractivity contribution in [3.8, 4) is 0 Å². The third kappa shape index (κ3) is 2.65. The number of hydrogen-bond donors (Lipinski definition) is 2. The zero-order chi connectivity index (χ0) is 12.7. The molecule has 2 saturated heterocycles. The standard InChI is InChI=1S/C12H20N4O2.ClH/c13-9-2-1-8(5-9)11(17)15-3-4-16-10(7-15)6-14-12(16)18;/h8-10H,1-7,13H2,(H,14,18);1H. The van der Waals surface area contributed by atoms with Gasteiger partial charge in [-0.15, -0.1) is 12.4 Å². The van der Waals surface area contributed by atoms with Crippen LogP contribution >= 0.6 is 12.4 Å². The lowest BCUT2D eigenvalue weighted by molar-refractivity contribution is -0.137. The highest BCUT2D eigenvalue weighted by Crippen LogP contribution is 2.27. The maximum absolute atomic E-state index is 12.4. The van der Waals surface area contributed by atoms with E-state index < -0.39 is 0 Å². The number of rotatable bonds is 1. The summed E-state index contributed by atoms with van der Waals surface area (Å²) < 4.78 is 0. The number of carbonyl (C=O) groups is 2. The Hall–Kier alpha value is -1.01. The van der Waals surface area contributed by atoms with Crippen LogP contribution in [0, 0.1) is 5.92 Å². The van der Waals surface area contributed by atoms with Crippen LogP contribution in [-0.4, -0.2) is 60.0 Å². The molecule has 0 bridgehead atoms. The average Bonchev–Trinajstić information content (AvgIpc) is 2.95. The zero-order valence-corrected chi connectivity index (χ0v) is 11.7. The van der Waals surface area contributed by atoms with E-state index in [9.17, 15) is 9.59 Å². The quantitative estimate of drug-likeness (QED) is 0.700. The Bertz CT molecular complexity index is 379. The summed E-state index contributed by atoms with van der Waals surface area (Å²) in [5, 5.41) is 2.83. The first-order chi connectivity index (χ1) is 8.65. The van der Waals surface area contributed by atoms with E-state index in [1.165, 1.54) is 0 Å². The summed E-state index contributed by atoms with van der Waals surface area (Å²) in [5.41, 5.74) is 5.86. The molecule has 0 aromatic rings. The number of piperazine rings is 1. The van der Waals surface area contributed by atoms with Gasteiger partial charge in [-0.2, -0.15) is 0 Å². The lowest BCUT2D eigenvalue weighted by Gasteiger charge is -2.37. The number of halogens is 1. The van der Waals surface area contributed by atoms with Gasteiger partial charge in [0.25, 0.3) is 0 Å². The van der Waals surface area contributed by atoms with E-state index in [0.717, 1.165) is 19.3 Å². The summed E-state index contributed by atoms with van der Waals surface area (Å²) in [5.74, 6) is 0.346. The van der Waals surface area contributed by atoms with Crippen LogP contribution in [0.2, 0.25) is 0 Å². The van der Waals surface area contributed by atoms with Crippen LogP contribution in [0.5, 0.6) is 0 Å². The molecule has 2 aliphatic heterocycles. The molecule has 1 saturated carbocycles. The Morgan fingerprint density at radius 2 is 2.11 bits per heavy atom. The van der Waals surface area contributed by atoms with Crippen molar-refractivity contribution < 1.29 is 9.59 Å². The molecule has 0 spiro atoms. The largest absolute Gasteiger partial charge is 0.339 e. The molecule has 0 aromatic heterocycles. The topological polar surface area (TPSA) is 78.7 Å². The summed E-state index contributed by atoms with van der Waals surface area (Å²) >= 11 is 0. The van der Waals surface area contributed by atoms with Gasteiger partial charge in [0.15, 0.2) is 0 Å². The molecule has 3 aliphatic rings. The predicted octanol–water partition coefficient (Wildman–Crippen LogP) is -0.228. The fraction of sp³-hybridized carbons (Fsp3) is 0.833. The van der Waals surface area contributed by atoms with Crippen molar-refractivity contribution in [1.82, 2.24) is 15.1 Å². The van der Waals surface area contributed by atoms with Crippen molar-refractivity contribution in [1.29, 1.82) is 0 Å². The first-order valence-electron chi connectivity index (χ1n) is 6.74. The zero-order valence-electron chi connectivity index (χ0n) is 10.9. The Kier molecular flexibility index (Phi) is 4.20. The summed E-state index contributed by atoms with van der Waals surface area (Å²) in [6.07, 6.45) is 2.70. The van der Waals surface area contributed by atoms with E-state index >= 15 is 0 Å². The fourth-order valence-electron chi connectivity index (χ4n) is 3.30. The molecule has 19 heavy (non-hydrogen) atoms. The maximum Gasteiger partial charge on any atom is 0.317 e. The van der Waals surface area contributed by atoms with Crippen LogP contribution < -0.4 is 11.1 Å². The van der Waals surface area contributed by atoms with Gasteiger partial charge >= 0.3 is 6.03 Å². The highest BCUT2D eigenvalue weighted by Gasteiger charge is 2.39. The number of nitrogens with two attached hydrogens (primary N) is 1. The predicted molar refractivity (Wildman–Crippen MR) is 73.0 cm³/mol. The summed E-state index contributed by atoms with van der Waals surface area (Å²) in [4.78, 5) is 27.6. The van der Waals surface area contributed by atoms with E-state index in [-0.39, 0.29) is 42.3 Å². The van der Waals surface area contributed by atoms with Gasteiger partial charge in [-0.05, 0) is 19.3 Å². The third-order valence-corrected chi connectivity index (χ3v) is 4.37. The molecule has 1 aliphatic carbocycles. The molecule has 2 heterocycles. The number of urea groups is 1. The summed E-state index contributed by atoms with van der Waals surface area (Å²) in [6.45, 7) is 2.64. The monoisotopic (exact) mass is 288 g/mol. The Labute approximate surface area is 119 Å². The lowest BCUT2D eigenvalue weighted by Crippen LogP contribution is -2.54. The first-order valence-corrected chi connectivity index (χ1v) is 6.74. The molecule has 3 fully saturated rings. The fourth-order valence-corrected chi connectivity index (χ4v) is 3.30. The first kappa shape index (κ1) is 14.4. The van der Waals surface area contributed by atoms with Crippen molar-refractivity contribution in [2.24, 2.45) is 11.7 Å². The Balaban J connectivity index is 0.00000133. The molecule has 3 unspecified atom stereocenters. The second kappa shape index (κ2) is 5.54. The highest BCUT2D eigenvalue weighted by molar-refractivity contribution is 5.85. The van der Waals surface area contributed by atoms with Gasteiger partial charge in [-0.25, -0.2) is 4.79 Å². The van der Waals surface area contributed by atoms with Crippen LogP contribution in [0.25, 0.3) is 0 Å². The van der Waals surface area contributed by atoms with E-state index in [1.54, 1.807) is 0 Å². The normalized spacial score (nSPS) is 33.7. The average molecular weight is 289 g/mol. The molecule has 0 aromatic carbocycles. The molecule has 3 rings (SSSR count). The molecule has 3 N–H and O–H groups in total. The Morgan fingerprint density at radius 1 is 1.32 bits per heavy atom. The van der Waals surface area contributed by atoms with Gasteiger partial charge < -0.3 is 20.9 Å². The van der Waals surface area contributed by atoms with E-state index in [2.05, 4.69) is 5.32 Å². The molecular weight excluding hydrogens is 268 g/mol. The van der Waals surface area contributed by atoms with Crippen LogP contribution in [0.3, 0.4) is 0 Å². The number of fused-ring (bicyclic) bond motifs is 1. The van der Waals surface area contributed by atoms with Crippen LogP contribution in [0.1, 0.15) is 19.3 Å². The molecule has 108 valence electrons. The van der Waals surface area contributed by atoms with Gasteiger partial charge in [0.1, 0.15) is 0 Å². The van der Waals surface area contributed by atoms with Gasteiger partial charge in [-0.1, -0.05) is 0 Å². The van der Waals surface area contributed by atoms with Crippen molar-refractivity contribution in [3.05, 3.63) is 0 Å². The highest BCUT2D eigenvalue weighted by atomic mass is 35.5. The molecule has 7 heteroatoms. The van der Waals surface area contributed by atoms with Crippen LogP contribution in [0.4, 0.5) is 4.79 Å². The smallest absolute Gasteiger partial charge is 0.317 e. The van der Waals surface area contributed by atoms with Crippen molar-refractivity contribution in [2.45, 2.75) is 31.3 Å². The molecule has 3 amide bonds. The second-order valence-electron chi connectivity index (χ2n) is 5.59. The van der Waals surface area contributed by atoms with E-state index in [1.807, 2.05) is 9.80 Å². The Morgan fingerprint density at radius 3 is 2.79 bits per heavy atom. The number of carbonyl (C=O) groups excluding carboxylic acids is 2. The summed E-state index contributed by atoms with van der Waals surface area (Å²) in [6, 6.07) is 0.357. The minimum absolute atomic E-state index is 0.